The summed E-state index contributed by atoms with van der Waals surface area (Å²) >= 11 is 0. The van der Waals surface area contributed by atoms with Gasteiger partial charge in [0.15, 0.2) is 0 Å². The maximum Gasteiger partial charge on any atom is 0.244 e. The highest BCUT2D eigenvalue weighted by Gasteiger charge is 2.38. The average Bonchev–Trinajstić information content (AvgIpc) is 2.35. The Hall–Kier alpha value is -1.10. The predicted molar refractivity (Wildman–Crippen MR) is 75.5 cm³/mol. The third-order valence-electron chi connectivity index (χ3n) is 4.21. The lowest BCUT2D eigenvalue weighted by atomic mass is 9.66. The molecule has 0 aromatic heterocycles. The third kappa shape index (κ3) is 3.93. The molecule has 0 saturated heterocycles. The minimum atomic E-state index is -0.456. The maximum absolute atomic E-state index is 12.0. The van der Waals surface area contributed by atoms with Crippen LogP contribution in [-0.2, 0) is 9.59 Å². The van der Waals surface area contributed by atoms with E-state index in [1.807, 2.05) is 13.8 Å². The van der Waals surface area contributed by atoms with E-state index in [0.717, 1.165) is 19.3 Å². The second-order valence-corrected chi connectivity index (χ2v) is 5.53. The van der Waals surface area contributed by atoms with Crippen molar-refractivity contribution in [2.75, 3.05) is 19.6 Å². The van der Waals surface area contributed by atoms with Crippen molar-refractivity contribution in [3.05, 3.63) is 0 Å². The van der Waals surface area contributed by atoms with Gasteiger partial charge in [0.05, 0.1) is 0 Å². The second kappa shape index (κ2) is 6.89. The van der Waals surface area contributed by atoms with Crippen LogP contribution in [0.3, 0.4) is 0 Å². The molecule has 0 radical (unpaired) electrons. The molecule has 1 aliphatic rings. The second-order valence-electron chi connectivity index (χ2n) is 5.53. The fourth-order valence-corrected chi connectivity index (χ4v) is 2.63. The van der Waals surface area contributed by atoms with Gasteiger partial charge in [0.25, 0.3) is 0 Å². The van der Waals surface area contributed by atoms with Crippen molar-refractivity contribution in [1.29, 1.82) is 0 Å². The zero-order chi connectivity index (χ0) is 14.5. The van der Waals surface area contributed by atoms with Gasteiger partial charge in [0, 0.05) is 19.5 Å². The molecule has 1 fully saturated rings. The van der Waals surface area contributed by atoms with Gasteiger partial charge in [0.2, 0.25) is 11.8 Å². The first kappa shape index (κ1) is 16.0. The number of amides is 2. The van der Waals surface area contributed by atoms with Crippen molar-refractivity contribution >= 4 is 11.8 Å². The van der Waals surface area contributed by atoms with E-state index in [1.165, 1.54) is 0 Å². The molecule has 0 bridgehead atoms. The Morgan fingerprint density at radius 2 is 1.89 bits per heavy atom. The molecule has 5 heteroatoms. The molecule has 0 aliphatic heterocycles. The SMILES string of the molecule is CCN(CC)C(=O)C(C)NC(=O)CC1(CN)CCC1. The molecule has 5 nitrogen and oxygen atoms in total. The van der Waals surface area contributed by atoms with Crippen molar-refractivity contribution in [2.45, 2.75) is 52.5 Å². The average molecular weight is 269 g/mol. The van der Waals surface area contributed by atoms with E-state index < -0.39 is 6.04 Å². The summed E-state index contributed by atoms with van der Waals surface area (Å²) in [6.07, 6.45) is 3.64. The van der Waals surface area contributed by atoms with Crippen LogP contribution in [0.1, 0.15) is 46.5 Å². The van der Waals surface area contributed by atoms with Crippen LogP contribution in [0.4, 0.5) is 0 Å². The summed E-state index contributed by atoms with van der Waals surface area (Å²) in [7, 11) is 0. The summed E-state index contributed by atoms with van der Waals surface area (Å²) in [5.74, 6) is -0.0769. The zero-order valence-corrected chi connectivity index (χ0v) is 12.4. The molecule has 0 aromatic carbocycles. The van der Waals surface area contributed by atoms with Crippen LogP contribution in [0.2, 0.25) is 0 Å². The Morgan fingerprint density at radius 1 is 1.32 bits per heavy atom. The quantitative estimate of drug-likeness (QED) is 0.720. The number of likely N-dealkylation sites (N-methyl/N-ethyl adjacent to an activating group) is 1. The highest BCUT2D eigenvalue weighted by atomic mass is 16.2. The number of carbonyl (C=O) groups is 2. The van der Waals surface area contributed by atoms with Crippen LogP contribution in [0, 0.1) is 5.41 Å². The van der Waals surface area contributed by atoms with E-state index in [2.05, 4.69) is 5.32 Å². The summed E-state index contributed by atoms with van der Waals surface area (Å²) in [5.41, 5.74) is 5.73. The number of nitrogens with zero attached hydrogens (tertiary/aromatic N) is 1. The Bertz CT molecular complexity index is 317. The molecule has 0 heterocycles. The topological polar surface area (TPSA) is 75.4 Å². The number of nitrogens with two attached hydrogens (primary N) is 1. The van der Waals surface area contributed by atoms with Crippen LogP contribution in [-0.4, -0.2) is 42.4 Å². The number of carbonyl (C=O) groups excluding carboxylic acids is 2. The third-order valence-corrected chi connectivity index (χ3v) is 4.21. The number of hydrogen-bond acceptors (Lipinski definition) is 3. The molecular weight excluding hydrogens is 242 g/mol. The van der Waals surface area contributed by atoms with Gasteiger partial charge in [-0.2, -0.15) is 0 Å². The first-order valence-electron chi connectivity index (χ1n) is 7.26. The Labute approximate surface area is 115 Å². The lowest BCUT2D eigenvalue weighted by Crippen LogP contribution is -2.49. The van der Waals surface area contributed by atoms with E-state index in [4.69, 9.17) is 5.73 Å². The minimum Gasteiger partial charge on any atom is -0.345 e. The standard InChI is InChI=1S/C14H27N3O2/c1-4-17(5-2)13(19)11(3)16-12(18)9-14(10-15)7-6-8-14/h11H,4-10,15H2,1-3H3,(H,16,18). The summed E-state index contributed by atoms with van der Waals surface area (Å²) in [6, 6.07) is -0.456. The van der Waals surface area contributed by atoms with E-state index in [9.17, 15) is 9.59 Å². The summed E-state index contributed by atoms with van der Waals surface area (Å²) in [4.78, 5) is 25.8. The van der Waals surface area contributed by atoms with Gasteiger partial charge >= 0.3 is 0 Å². The monoisotopic (exact) mass is 269 g/mol. The smallest absolute Gasteiger partial charge is 0.244 e. The van der Waals surface area contributed by atoms with E-state index in [0.29, 0.717) is 26.1 Å². The molecule has 0 spiro atoms. The van der Waals surface area contributed by atoms with Gasteiger partial charge in [-0.3, -0.25) is 9.59 Å². The Kier molecular flexibility index (Phi) is 5.79. The highest BCUT2D eigenvalue weighted by Crippen LogP contribution is 2.42. The zero-order valence-electron chi connectivity index (χ0n) is 12.4. The van der Waals surface area contributed by atoms with E-state index >= 15 is 0 Å². The molecule has 0 aromatic rings. The van der Waals surface area contributed by atoms with Crippen LogP contribution < -0.4 is 11.1 Å². The lowest BCUT2D eigenvalue weighted by Gasteiger charge is -2.40. The largest absolute Gasteiger partial charge is 0.345 e. The van der Waals surface area contributed by atoms with Gasteiger partial charge in [0.1, 0.15) is 6.04 Å². The van der Waals surface area contributed by atoms with Crippen molar-refractivity contribution in [3.8, 4) is 0 Å². The van der Waals surface area contributed by atoms with Gasteiger partial charge in [-0.05, 0) is 45.6 Å². The fraction of sp³-hybridized carbons (Fsp3) is 0.857. The van der Waals surface area contributed by atoms with Crippen LogP contribution >= 0.6 is 0 Å². The van der Waals surface area contributed by atoms with Crippen LogP contribution in [0.25, 0.3) is 0 Å². The normalized spacial score (nSPS) is 18.3. The molecule has 1 unspecified atom stereocenters. The molecule has 3 N–H and O–H groups in total. The van der Waals surface area contributed by atoms with Crippen molar-refractivity contribution < 1.29 is 9.59 Å². The van der Waals surface area contributed by atoms with Gasteiger partial charge in [-0.15, -0.1) is 0 Å². The molecule has 110 valence electrons. The highest BCUT2D eigenvalue weighted by molar-refractivity contribution is 5.87. The molecule has 1 atom stereocenters. The van der Waals surface area contributed by atoms with Gasteiger partial charge < -0.3 is 16.0 Å². The van der Waals surface area contributed by atoms with E-state index in [1.54, 1.807) is 11.8 Å². The van der Waals surface area contributed by atoms with E-state index in [-0.39, 0.29) is 17.2 Å². The first-order valence-corrected chi connectivity index (χ1v) is 7.26. The molecular formula is C14H27N3O2. The molecule has 1 aliphatic carbocycles. The number of hydrogen-bond donors (Lipinski definition) is 2. The molecule has 19 heavy (non-hydrogen) atoms. The summed E-state index contributed by atoms with van der Waals surface area (Å²) < 4.78 is 0. The van der Waals surface area contributed by atoms with Gasteiger partial charge in [-0.1, -0.05) is 6.42 Å². The number of nitrogens with one attached hydrogen (secondary N) is 1. The van der Waals surface area contributed by atoms with Crippen molar-refractivity contribution in [1.82, 2.24) is 10.2 Å². The summed E-state index contributed by atoms with van der Waals surface area (Å²) in [6.45, 7) is 7.51. The molecule has 2 amide bonds. The molecule has 1 rings (SSSR count). The van der Waals surface area contributed by atoms with Crippen LogP contribution in [0.15, 0.2) is 0 Å². The summed E-state index contributed by atoms with van der Waals surface area (Å²) in [5, 5.41) is 2.80. The van der Waals surface area contributed by atoms with Crippen molar-refractivity contribution in [3.63, 3.8) is 0 Å². The van der Waals surface area contributed by atoms with Crippen LogP contribution in [0.5, 0.6) is 0 Å². The predicted octanol–water partition coefficient (Wildman–Crippen LogP) is 0.879. The maximum atomic E-state index is 12.0. The first-order chi connectivity index (χ1) is 8.98. The minimum absolute atomic E-state index is 0.0119. The fourth-order valence-electron chi connectivity index (χ4n) is 2.63. The number of rotatable bonds is 7. The Balaban J connectivity index is 2.45. The lowest BCUT2D eigenvalue weighted by molar-refractivity contribution is -0.136. The molecule has 1 saturated carbocycles. The van der Waals surface area contributed by atoms with Gasteiger partial charge in [-0.25, -0.2) is 0 Å². The Morgan fingerprint density at radius 3 is 2.26 bits per heavy atom. The van der Waals surface area contributed by atoms with Crippen molar-refractivity contribution in [2.24, 2.45) is 11.1 Å².